The summed E-state index contributed by atoms with van der Waals surface area (Å²) in [5, 5.41) is 22.6. The largest absolute Gasteiger partial charge is 0.466 e. The van der Waals surface area contributed by atoms with Gasteiger partial charge in [-0.2, -0.15) is 4.98 Å². The summed E-state index contributed by atoms with van der Waals surface area (Å²) in [6, 6.07) is 5.36. The van der Waals surface area contributed by atoms with Crippen molar-refractivity contribution in [3.63, 3.8) is 0 Å². The molecule has 0 saturated carbocycles. The lowest BCUT2D eigenvalue weighted by molar-refractivity contribution is 0.130. The molecule has 1 aliphatic heterocycles. The summed E-state index contributed by atoms with van der Waals surface area (Å²) in [5.74, 6) is 1.32. The van der Waals surface area contributed by atoms with Crippen LogP contribution in [0.1, 0.15) is 45.4 Å². The van der Waals surface area contributed by atoms with Crippen molar-refractivity contribution in [3.8, 4) is 27.8 Å². The smallest absolute Gasteiger partial charge is 0.324 e. The van der Waals surface area contributed by atoms with Crippen LogP contribution in [0.15, 0.2) is 28.9 Å². The van der Waals surface area contributed by atoms with Gasteiger partial charge in [0.15, 0.2) is 11.6 Å². The normalized spacial score (nSPS) is 15.2. The molecule has 6 rings (SSSR count). The highest BCUT2D eigenvalue weighted by Gasteiger charge is 2.28. The number of halogens is 2. The first-order chi connectivity index (χ1) is 17.9. The third kappa shape index (κ3) is 5.05. The number of hydrogen-bond acceptors (Lipinski definition) is 11. The number of hydrogen-bond donors (Lipinski definition) is 1. The number of tetrazole rings is 1. The first kappa shape index (κ1) is 26.0. The SMILES string of the molecule is CC(C)c1noc(N2CCC(C(C)Oc3nn4cc(-c5ccc(-c6nnn[nH]6)cc5F)nc4s3)CC2)n1.Cl. The lowest BCUT2D eigenvalue weighted by Gasteiger charge is -2.33. The minimum Gasteiger partial charge on any atom is -0.466 e. The van der Waals surface area contributed by atoms with Gasteiger partial charge in [0, 0.05) is 30.1 Å². The van der Waals surface area contributed by atoms with E-state index in [1.807, 2.05) is 13.8 Å². The van der Waals surface area contributed by atoms with Gasteiger partial charge in [-0.15, -0.1) is 22.6 Å². The zero-order valence-corrected chi connectivity index (χ0v) is 22.5. The molecule has 200 valence electrons. The van der Waals surface area contributed by atoms with Gasteiger partial charge in [0.2, 0.25) is 4.96 Å². The number of ether oxygens (including phenoxy) is 1. The van der Waals surface area contributed by atoms with Crippen LogP contribution >= 0.6 is 23.7 Å². The third-order valence-corrected chi connectivity index (χ3v) is 7.41. The number of aromatic amines is 1. The van der Waals surface area contributed by atoms with Gasteiger partial charge in [-0.25, -0.2) is 19.0 Å². The number of anilines is 1. The molecule has 1 aromatic carbocycles. The molecule has 38 heavy (non-hydrogen) atoms. The van der Waals surface area contributed by atoms with Crippen LogP contribution < -0.4 is 9.64 Å². The topological polar surface area (TPSA) is 136 Å². The molecule has 0 bridgehead atoms. The highest BCUT2D eigenvalue weighted by atomic mass is 35.5. The van der Waals surface area contributed by atoms with Gasteiger partial charge >= 0.3 is 6.01 Å². The second-order valence-corrected chi connectivity index (χ2v) is 10.3. The van der Waals surface area contributed by atoms with E-state index in [9.17, 15) is 4.39 Å². The zero-order valence-electron chi connectivity index (χ0n) is 20.9. The van der Waals surface area contributed by atoms with Crippen LogP contribution in [0.2, 0.25) is 0 Å². The minimum atomic E-state index is -0.419. The van der Waals surface area contributed by atoms with Gasteiger partial charge in [-0.1, -0.05) is 25.1 Å². The van der Waals surface area contributed by atoms with E-state index in [0.717, 1.165) is 31.8 Å². The van der Waals surface area contributed by atoms with Gasteiger partial charge < -0.3 is 14.2 Å². The maximum Gasteiger partial charge on any atom is 0.324 e. The van der Waals surface area contributed by atoms with E-state index in [1.165, 1.54) is 17.4 Å². The Morgan fingerprint density at radius 2 is 2.00 bits per heavy atom. The molecule has 0 aliphatic carbocycles. The van der Waals surface area contributed by atoms with Gasteiger partial charge in [0.1, 0.15) is 11.9 Å². The summed E-state index contributed by atoms with van der Waals surface area (Å²) in [6.45, 7) is 7.83. The second kappa shape index (κ2) is 10.6. The summed E-state index contributed by atoms with van der Waals surface area (Å²) in [4.78, 5) is 11.8. The average molecular weight is 561 g/mol. The Morgan fingerprint density at radius 3 is 2.66 bits per heavy atom. The molecule has 0 spiro atoms. The summed E-state index contributed by atoms with van der Waals surface area (Å²) >= 11 is 1.34. The first-order valence-corrected chi connectivity index (χ1v) is 12.9. The van der Waals surface area contributed by atoms with Crippen molar-refractivity contribution in [2.75, 3.05) is 18.0 Å². The van der Waals surface area contributed by atoms with Crippen molar-refractivity contribution >= 4 is 34.7 Å². The summed E-state index contributed by atoms with van der Waals surface area (Å²) < 4.78 is 28.0. The predicted octanol–water partition coefficient (Wildman–Crippen LogP) is 4.39. The molecule has 15 heteroatoms. The minimum absolute atomic E-state index is 0. The predicted molar refractivity (Wildman–Crippen MR) is 140 cm³/mol. The molecule has 0 radical (unpaired) electrons. The quantitative estimate of drug-likeness (QED) is 0.305. The van der Waals surface area contributed by atoms with E-state index in [0.29, 0.717) is 44.7 Å². The number of nitrogens with zero attached hydrogens (tertiary/aromatic N) is 9. The molecule has 1 aliphatic rings. The van der Waals surface area contributed by atoms with Crippen molar-refractivity contribution in [2.45, 2.75) is 45.6 Å². The Bertz CT molecular complexity index is 1480. The molecule has 1 unspecified atom stereocenters. The Hall–Kier alpha value is -3.65. The summed E-state index contributed by atoms with van der Waals surface area (Å²) in [7, 11) is 0. The highest BCUT2D eigenvalue weighted by Crippen LogP contribution is 2.32. The Labute approximate surface area is 227 Å². The molecule has 12 nitrogen and oxygen atoms in total. The van der Waals surface area contributed by atoms with Crippen LogP contribution in [0.25, 0.3) is 27.6 Å². The van der Waals surface area contributed by atoms with E-state index in [2.05, 4.69) is 52.7 Å². The van der Waals surface area contributed by atoms with Crippen LogP contribution in [0.5, 0.6) is 5.19 Å². The fraction of sp³-hybridized carbons (Fsp3) is 0.435. The molecule has 1 N–H and O–H groups in total. The van der Waals surface area contributed by atoms with E-state index in [4.69, 9.17) is 9.26 Å². The molecular formula is C23H26ClFN10O2S. The van der Waals surface area contributed by atoms with Crippen LogP contribution in [0.3, 0.4) is 0 Å². The maximum absolute atomic E-state index is 14.8. The number of aromatic nitrogens is 9. The van der Waals surface area contributed by atoms with Crippen LogP contribution in [-0.2, 0) is 0 Å². The van der Waals surface area contributed by atoms with Crippen molar-refractivity contribution in [1.29, 1.82) is 0 Å². The number of imidazole rings is 1. The van der Waals surface area contributed by atoms with Crippen LogP contribution in [0, 0.1) is 11.7 Å². The standard InChI is InChI=1S/C23H25FN10O2S.ClH/c1-12(2)19-26-21(36-30-19)33-8-6-14(7-9-33)13(3)35-23-29-34-11-18(25-22(34)37-23)16-5-4-15(10-17(16)24)20-27-31-32-28-20;/h4-5,10-14H,6-9H2,1-3H3,(H,27,28,31,32);1H. The monoisotopic (exact) mass is 560 g/mol. The van der Waals surface area contributed by atoms with Crippen molar-refractivity contribution in [1.82, 2.24) is 45.4 Å². The molecular weight excluding hydrogens is 535 g/mol. The number of fused-ring (bicyclic) bond motifs is 1. The Balaban J connectivity index is 0.00000294. The van der Waals surface area contributed by atoms with Crippen molar-refractivity contribution in [3.05, 3.63) is 36.0 Å². The molecule has 5 aromatic rings. The molecule has 4 aromatic heterocycles. The highest BCUT2D eigenvalue weighted by molar-refractivity contribution is 7.18. The second-order valence-electron chi connectivity index (χ2n) is 9.40. The van der Waals surface area contributed by atoms with E-state index < -0.39 is 5.82 Å². The van der Waals surface area contributed by atoms with Gasteiger partial charge in [-0.05, 0) is 59.6 Å². The third-order valence-electron chi connectivity index (χ3n) is 6.60. The van der Waals surface area contributed by atoms with E-state index >= 15 is 0 Å². The average Bonchev–Trinajstić information content (AvgIpc) is 3.68. The number of nitrogens with one attached hydrogen (secondary N) is 1. The molecule has 5 heterocycles. The first-order valence-electron chi connectivity index (χ1n) is 12.1. The fourth-order valence-corrected chi connectivity index (χ4v) is 5.23. The number of piperidine rings is 1. The molecule has 1 saturated heterocycles. The molecule has 0 amide bonds. The number of rotatable bonds is 7. The molecule has 1 atom stereocenters. The lowest BCUT2D eigenvalue weighted by Crippen LogP contribution is -2.38. The number of benzene rings is 1. The van der Waals surface area contributed by atoms with Gasteiger partial charge in [0.05, 0.1) is 11.9 Å². The van der Waals surface area contributed by atoms with Gasteiger partial charge in [0.25, 0.3) is 5.19 Å². The number of H-pyrrole nitrogens is 1. The van der Waals surface area contributed by atoms with E-state index in [1.54, 1.807) is 22.8 Å². The van der Waals surface area contributed by atoms with E-state index in [-0.39, 0.29) is 24.4 Å². The van der Waals surface area contributed by atoms with Crippen LogP contribution in [0.4, 0.5) is 10.4 Å². The summed E-state index contributed by atoms with van der Waals surface area (Å²) in [5.41, 5.74) is 1.42. The Morgan fingerprint density at radius 1 is 1.18 bits per heavy atom. The maximum atomic E-state index is 14.8. The molecule has 1 fully saturated rings. The van der Waals surface area contributed by atoms with Crippen LogP contribution in [-0.4, -0.2) is 64.6 Å². The zero-order chi connectivity index (χ0) is 25.5. The van der Waals surface area contributed by atoms with Gasteiger partial charge in [-0.3, -0.25) is 0 Å². The van der Waals surface area contributed by atoms with Crippen molar-refractivity contribution in [2.24, 2.45) is 5.92 Å². The lowest BCUT2D eigenvalue weighted by atomic mass is 9.92. The Kier molecular flexibility index (Phi) is 7.25. The van der Waals surface area contributed by atoms with Crippen molar-refractivity contribution < 1.29 is 13.7 Å². The summed E-state index contributed by atoms with van der Waals surface area (Å²) in [6.07, 6.45) is 3.59. The fourth-order valence-electron chi connectivity index (χ4n) is 4.42.